The molecule has 2 rings (SSSR count). The van der Waals surface area contributed by atoms with E-state index in [9.17, 15) is 9.90 Å². The van der Waals surface area contributed by atoms with Crippen LogP contribution in [0, 0.1) is 6.92 Å². The molecule has 0 unspecified atom stereocenters. The number of hydrogen-bond donors (Lipinski definition) is 2. The maximum absolute atomic E-state index is 12.2. The SMILES string of the molecule is Cc1ccc(O)c(C(=O)NCC(C)(C)c2cccs2)c1. The van der Waals surface area contributed by atoms with Gasteiger partial charge in [-0.2, -0.15) is 0 Å². The van der Waals surface area contributed by atoms with Gasteiger partial charge in [-0.25, -0.2) is 0 Å². The molecule has 0 fully saturated rings. The van der Waals surface area contributed by atoms with Crippen LogP contribution in [0.4, 0.5) is 0 Å². The quantitative estimate of drug-likeness (QED) is 0.905. The van der Waals surface area contributed by atoms with Gasteiger partial charge in [-0.05, 0) is 30.5 Å². The van der Waals surface area contributed by atoms with Gasteiger partial charge >= 0.3 is 0 Å². The van der Waals surface area contributed by atoms with Crippen LogP contribution >= 0.6 is 11.3 Å². The summed E-state index contributed by atoms with van der Waals surface area (Å²) in [5.41, 5.74) is 1.15. The van der Waals surface area contributed by atoms with Gasteiger partial charge in [0.1, 0.15) is 5.75 Å². The molecule has 0 aliphatic rings. The average Bonchev–Trinajstić information content (AvgIpc) is 2.93. The summed E-state index contributed by atoms with van der Waals surface area (Å²) in [6.07, 6.45) is 0. The zero-order valence-electron chi connectivity index (χ0n) is 11.9. The second kappa shape index (κ2) is 5.67. The van der Waals surface area contributed by atoms with Crippen molar-refractivity contribution in [1.82, 2.24) is 5.32 Å². The molecule has 0 atom stereocenters. The predicted molar refractivity (Wildman–Crippen MR) is 82.5 cm³/mol. The van der Waals surface area contributed by atoms with Gasteiger partial charge in [0.2, 0.25) is 0 Å². The number of phenols is 1. The molecule has 4 heteroatoms. The third-order valence-corrected chi connectivity index (χ3v) is 4.51. The second-order valence-corrected chi connectivity index (χ2v) is 6.51. The Bertz CT molecular complexity index is 603. The number of aryl methyl sites for hydroxylation is 1. The lowest BCUT2D eigenvalue weighted by molar-refractivity contribution is 0.0943. The monoisotopic (exact) mass is 289 g/mol. The number of hydrogen-bond acceptors (Lipinski definition) is 3. The van der Waals surface area contributed by atoms with Crippen molar-refractivity contribution < 1.29 is 9.90 Å². The molecule has 0 saturated carbocycles. The Kier molecular flexibility index (Phi) is 4.14. The Morgan fingerprint density at radius 1 is 1.35 bits per heavy atom. The number of phenolic OH excluding ortho intramolecular Hbond substituents is 1. The fourth-order valence-corrected chi connectivity index (χ4v) is 2.83. The first-order valence-corrected chi connectivity index (χ1v) is 7.40. The zero-order valence-corrected chi connectivity index (χ0v) is 12.8. The van der Waals surface area contributed by atoms with Crippen molar-refractivity contribution in [2.75, 3.05) is 6.54 Å². The summed E-state index contributed by atoms with van der Waals surface area (Å²) in [5.74, 6) is -0.224. The van der Waals surface area contributed by atoms with Crippen molar-refractivity contribution >= 4 is 17.2 Å². The number of carbonyl (C=O) groups excluding carboxylic acids is 1. The van der Waals surface area contributed by atoms with Gasteiger partial charge in [0.15, 0.2) is 0 Å². The Hall–Kier alpha value is -1.81. The molecule has 1 heterocycles. The van der Waals surface area contributed by atoms with Gasteiger partial charge in [0.25, 0.3) is 5.91 Å². The van der Waals surface area contributed by atoms with E-state index >= 15 is 0 Å². The molecule has 1 amide bonds. The van der Waals surface area contributed by atoms with Gasteiger partial charge < -0.3 is 10.4 Å². The molecule has 3 nitrogen and oxygen atoms in total. The first kappa shape index (κ1) is 14.6. The number of thiophene rings is 1. The summed E-state index contributed by atoms with van der Waals surface area (Å²) in [7, 11) is 0. The number of rotatable bonds is 4. The number of carbonyl (C=O) groups is 1. The standard InChI is InChI=1S/C16H19NO2S/c1-11-6-7-13(18)12(9-11)15(19)17-10-16(2,3)14-5-4-8-20-14/h4-9,18H,10H2,1-3H3,(H,17,19). The highest BCUT2D eigenvalue weighted by Crippen LogP contribution is 2.27. The molecular formula is C16H19NO2S. The van der Waals surface area contributed by atoms with E-state index in [2.05, 4.69) is 25.2 Å². The van der Waals surface area contributed by atoms with Crippen LogP contribution < -0.4 is 5.32 Å². The number of aromatic hydroxyl groups is 1. The highest BCUT2D eigenvalue weighted by molar-refractivity contribution is 7.10. The van der Waals surface area contributed by atoms with Crippen LogP contribution in [0.1, 0.15) is 34.6 Å². The smallest absolute Gasteiger partial charge is 0.255 e. The van der Waals surface area contributed by atoms with E-state index in [0.717, 1.165) is 5.56 Å². The molecule has 0 aliphatic carbocycles. The maximum Gasteiger partial charge on any atom is 0.255 e. The van der Waals surface area contributed by atoms with Crippen LogP contribution in [0.15, 0.2) is 35.7 Å². The van der Waals surface area contributed by atoms with E-state index in [4.69, 9.17) is 0 Å². The van der Waals surface area contributed by atoms with Crippen LogP contribution in [-0.4, -0.2) is 17.6 Å². The van der Waals surface area contributed by atoms with Crippen molar-refractivity contribution in [3.63, 3.8) is 0 Å². The van der Waals surface area contributed by atoms with E-state index in [1.54, 1.807) is 29.5 Å². The highest BCUT2D eigenvalue weighted by Gasteiger charge is 2.23. The number of amides is 1. The first-order chi connectivity index (χ1) is 9.40. The molecule has 1 aromatic heterocycles. The third-order valence-electron chi connectivity index (χ3n) is 3.28. The van der Waals surface area contributed by atoms with Crippen LogP contribution in [0.2, 0.25) is 0 Å². The highest BCUT2D eigenvalue weighted by atomic mass is 32.1. The fourth-order valence-electron chi connectivity index (χ4n) is 1.98. The van der Waals surface area contributed by atoms with Crippen molar-refractivity contribution in [1.29, 1.82) is 0 Å². The molecule has 1 aromatic carbocycles. The lowest BCUT2D eigenvalue weighted by Crippen LogP contribution is -2.36. The first-order valence-electron chi connectivity index (χ1n) is 6.52. The van der Waals surface area contributed by atoms with Gasteiger partial charge in [0.05, 0.1) is 5.56 Å². The zero-order chi connectivity index (χ0) is 14.8. The third kappa shape index (κ3) is 3.20. The fraction of sp³-hybridized carbons (Fsp3) is 0.312. The summed E-state index contributed by atoms with van der Waals surface area (Å²) in [6, 6.07) is 9.11. The van der Waals surface area contributed by atoms with Crippen LogP contribution in [0.5, 0.6) is 5.75 Å². The molecule has 0 radical (unpaired) electrons. The van der Waals surface area contributed by atoms with Gasteiger partial charge in [-0.15, -0.1) is 11.3 Å². The molecular weight excluding hydrogens is 270 g/mol. The summed E-state index contributed by atoms with van der Waals surface area (Å²) < 4.78 is 0. The Balaban J connectivity index is 2.07. The van der Waals surface area contributed by atoms with Gasteiger partial charge in [0, 0.05) is 16.8 Å². The summed E-state index contributed by atoms with van der Waals surface area (Å²) in [5, 5.41) is 14.7. The molecule has 0 saturated heterocycles. The molecule has 0 spiro atoms. The largest absolute Gasteiger partial charge is 0.507 e. The van der Waals surface area contributed by atoms with Gasteiger partial charge in [-0.3, -0.25) is 4.79 Å². The van der Waals surface area contributed by atoms with E-state index in [1.807, 2.05) is 18.4 Å². The van der Waals surface area contributed by atoms with E-state index < -0.39 is 0 Å². The number of nitrogens with one attached hydrogen (secondary N) is 1. The van der Waals surface area contributed by atoms with Crippen molar-refractivity contribution in [3.05, 3.63) is 51.7 Å². The van der Waals surface area contributed by atoms with E-state index in [-0.39, 0.29) is 17.1 Å². The number of benzene rings is 1. The Morgan fingerprint density at radius 3 is 2.75 bits per heavy atom. The molecule has 0 bridgehead atoms. The topological polar surface area (TPSA) is 49.3 Å². The molecule has 2 N–H and O–H groups in total. The normalized spacial score (nSPS) is 11.3. The van der Waals surface area contributed by atoms with Crippen LogP contribution in [0.25, 0.3) is 0 Å². The Morgan fingerprint density at radius 2 is 2.10 bits per heavy atom. The van der Waals surface area contributed by atoms with Gasteiger partial charge in [-0.1, -0.05) is 31.5 Å². The van der Waals surface area contributed by atoms with E-state index in [0.29, 0.717) is 12.1 Å². The molecule has 106 valence electrons. The average molecular weight is 289 g/mol. The maximum atomic E-state index is 12.2. The summed E-state index contributed by atoms with van der Waals surface area (Å²) >= 11 is 1.68. The second-order valence-electron chi connectivity index (χ2n) is 5.56. The minimum Gasteiger partial charge on any atom is -0.507 e. The lowest BCUT2D eigenvalue weighted by atomic mass is 9.91. The van der Waals surface area contributed by atoms with Crippen molar-refractivity contribution in [2.45, 2.75) is 26.2 Å². The van der Waals surface area contributed by atoms with Crippen molar-refractivity contribution in [3.8, 4) is 5.75 Å². The lowest BCUT2D eigenvalue weighted by Gasteiger charge is -2.23. The molecule has 0 aliphatic heterocycles. The Labute approximate surface area is 123 Å². The van der Waals surface area contributed by atoms with E-state index in [1.165, 1.54) is 4.88 Å². The predicted octanol–water partition coefficient (Wildman–Crippen LogP) is 3.47. The molecule has 20 heavy (non-hydrogen) atoms. The summed E-state index contributed by atoms with van der Waals surface area (Å²) in [6.45, 7) is 6.61. The van der Waals surface area contributed by atoms with Crippen LogP contribution in [0.3, 0.4) is 0 Å². The minimum atomic E-state index is -0.240. The molecule has 2 aromatic rings. The van der Waals surface area contributed by atoms with Crippen molar-refractivity contribution in [2.24, 2.45) is 0 Å². The van der Waals surface area contributed by atoms with Crippen LogP contribution in [-0.2, 0) is 5.41 Å². The summed E-state index contributed by atoms with van der Waals surface area (Å²) in [4.78, 5) is 13.4. The minimum absolute atomic E-state index is 0.0158.